The van der Waals surface area contributed by atoms with E-state index in [1.54, 1.807) is 63.4 Å². The Bertz CT molecular complexity index is 2820. The summed E-state index contributed by atoms with van der Waals surface area (Å²) in [6.07, 6.45) is 4.66. The Kier molecular flexibility index (Phi) is 15.7. The van der Waals surface area contributed by atoms with E-state index in [-0.39, 0.29) is 55.6 Å². The van der Waals surface area contributed by atoms with Gasteiger partial charge in [0.25, 0.3) is 11.8 Å². The third-order valence-electron chi connectivity index (χ3n) is 12.5. The number of ether oxygens (including phenoxy) is 2. The van der Waals surface area contributed by atoms with Crippen LogP contribution in [-0.2, 0) is 33.8 Å². The second kappa shape index (κ2) is 22.4. The van der Waals surface area contributed by atoms with Gasteiger partial charge in [-0.1, -0.05) is 80.6 Å². The highest BCUT2D eigenvalue weighted by molar-refractivity contribution is 6.10. The number of anilines is 1. The van der Waals surface area contributed by atoms with Crippen molar-refractivity contribution in [2.24, 2.45) is 4.99 Å². The molecule has 4 N–H and O–H groups in total. The first-order valence-corrected chi connectivity index (χ1v) is 24.4. The monoisotopic (exact) mass is 958 g/mol. The summed E-state index contributed by atoms with van der Waals surface area (Å²) in [5, 5.41) is 11.4. The number of aliphatic imine (C=N–C) groups is 1. The first-order chi connectivity index (χ1) is 34.2. The quantitative estimate of drug-likeness (QED) is 0.0744. The Morgan fingerprint density at radius 1 is 0.775 bits per heavy atom. The van der Waals surface area contributed by atoms with E-state index in [4.69, 9.17) is 19.5 Å². The Hall–Kier alpha value is -7.65. The van der Waals surface area contributed by atoms with Gasteiger partial charge in [-0.05, 0) is 103 Å². The summed E-state index contributed by atoms with van der Waals surface area (Å²) in [5.74, 6) is -0.525. The van der Waals surface area contributed by atoms with E-state index in [9.17, 15) is 24.0 Å². The number of fused-ring (bicyclic) bond motifs is 5. The molecule has 1 aliphatic carbocycles. The molecular formula is C56H62N8O7. The van der Waals surface area contributed by atoms with Crippen LogP contribution in [0.5, 0.6) is 0 Å². The lowest BCUT2D eigenvalue weighted by atomic mass is 9.98. The van der Waals surface area contributed by atoms with Gasteiger partial charge in [-0.15, -0.1) is 0 Å². The molecule has 0 radical (unpaired) electrons. The number of carbonyl (C=O) groups excluding carboxylic acids is 5. The van der Waals surface area contributed by atoms with Crippen LogP contribution in [0.2, 0.25) is 0 Å². The minimum Gasteiger partial charge on any atom is -0.449 e. The van der Waals surface area contributed by atoms with Gasteiger partial charge in [-0.25, -0.2) is 14.6 Å². The Balaban J connectivity index is 0.832. The minimum absolute atomic E-state index is 0.0309. The normalized spacial score (nSPS) is 14.0. The topological polar surface area (TPSA) is 184 Å². The Morgan fingerprint density at radius 2 is 1.45 bits per heavy atom. The summed E-state index contributed by atoms with van der Waals surface area (Å²) in [7, 11) is 0. The number of hydrogen-bond donors (Lipinski definition) is 4. The van der Waals surface area contributed by atoms with Gasteiger partial charge in [0.15, 0.2) is 0 Å². The summed E-state index contributed by atoms with van der Waals surface area (Å²) >= 11 is 0. The van der Waals surface area contributed by atoms with E-state index in [0.717, 1.165) is 64.9 Å². The molecule has 0 saturated heterocycles. The maximum absolute atomic E-state index is 13.8. The van der Waals surface area contributed by atoms with E-state index in [1.165, 1.54) is 0 Å². The fourth-order valence-electron chi connectivity index (χ4n) is 9.20. The number of amides is 5. The summed E-state index contributed by atoms with van der Waals surface area (Å²) in [6.45, 7) is 13.3. The van der Waals surface area contributed by atoms with Gasteiger partial charge in [0, 0.05) is 92.5 Å². The maximum Gasteiger partial charge on any atom is 0.413 e. The number of nitrogens with one attached hydrogen (secondary N) is 4. The highest BCUT2D eigenvalue weighted by Gasteiger charge is 2.30. The zero-order valence-corrected chi connectivity index (χ0v) is 41.1. The average molecular weight is 959 g/mol. The van der Waals surface area contributed by atoms with Gasteiger partial charge in [0.2, 0.25) is 5.91 Å². The summed E-state index contributed by atoms with van der Waals surface area (Å²) in [5.41, 5.74) is 9.83. The molecule has 2 aliphatic heterocycles. The molecule has 15 heteroatoms. The third-order valence-corrected chi connectivity index (χ3v) is 12.5. The van der Waals surface area contributed by atoms with Gasteiger partial charge in [-0.3, -0.25) is 29.6 Å². The van der Waals surface area contributed by atoms with Gasteiger partial charge >= 0.3 is 12.2 Å². The zero-order chi connectivity index (χ0) is 50.1. The van der Waals surface area contributed by atoms with Crippen molar-refractivity contribution in [3.63, 3.8) is 0 Å². The van der Waals surface area contributed by atoms with Crippen molar-refractivity contribution in [3.05, 3.63) is 153 Å². The molecule has 0 unspecified atom stereocenters. The molecular weight excluding hydrogens is 897 g/mol. The number of alkyl carbamates (subject to hydrolysis) is 2. The van der Waals surface area contributed by atoms with Crippen LogP contribution in [0, 0.1) is 0 Å². The second-order valence-corrected chi connectivity index (χ2v) is 19.0. The summed E-state index contributed by atoms with van der Waals surface area (Å²) < 4.78 is 11.1. The zero-order valence-electron chi connectivity index (χ0n) is 41.1. The maximum atomic E-state index is 13.8. The molecule has 1 aromatic heterocycles. The molecule has 0 fully saturated rings. The number of carbonyl (C=O) groups is 5. The molecule has 368 valence electrons. The lowest BCUT2D eigenvalue weighted by Gasteiger charge is -2.28. The van der Waals surface area contributed by atoms with Crippen molar-refractivity contribution in [3.8, 4) is 11.1 Å². The van der Waals surface area contributed by atoms with Crippen LogP contribution in [0.15, 0.2) is 114 Å². The minimum atomic E-state index is -0.745. The van der Waals surface area contributed by atoms with Gasteiger partial charge in [-0.2, -0.15) is 0 Å². The average Bonchev–Trinajstić information content (AvgIpc) is 3.55. The van der Waals surface area contributed by atoms with Crippen molar-refractivity contribution in [2.45, 2.75) is 84.9 Å². The third kappa shape index (κ3) is 12.6. The van der Waals surface area contributed by atoms with Crippen LogP contribution in [0.25, 0.3) is 17.2 Å². The van der Waals surface area contributed by atoms with Crippen LogP contribution in [0.1, 0.15) is 114 Å². The summed E-state index contributed by atoms with van der Waals surface area (Å²) in [4.78, 5) is 79.6. The Labute approximate surface area is 415 Å². The van der Waals surface area contributed by atoms with Crippen LogP contribution < -0.4 is 21.3 Å². The molecule has 0 saturated carbocycles. The molecule has 0 atom stereocenters. The number of rotatable bonds is 15. The van der Waals surface area contributed by atoms with Crippen molar-refractivity contribution >= 4 is 53.2 Å². The van der Waals surface area contributed by atoms with Crippen LogP contribution in [0.4, 0.5) is 21.0 Å². The van der Waals surface area contributed by atoms with Crippen LogP contribution in [-0.4, -0.2) is 95.5 Å². The standard InChI is InChI=1S/C56H62N8O7/c1-6-25-64(26-7-2)53(67)40-28-38-20-21-39(30-49(38)61-50(31-40)62-55(69)71-56(3,4)5)52(66)60-42-29-41-34-63(27-22-48(41)59-32-42)33-36-16-18-37(19-17-36)51(65)57-23-24-58-54(68)70-35-47-45-14-10-8-12-43(45)44-13-9-11-15-46(44)47/h8-21,28-30,32,47H,6-7,22-27,31,33-35H2,1-5H3,(H,57,65)(H,58,68)(H,60,66)(H,61,62,69). The first kappa shape index (κ1) is 49.8. The van der Waals surface area contributed by atoms with Crippen molar-refractivity contribution in [1.82, 2.24) is 30.7 Å². The largest absolute Gasteiger partial charge is 0.449 e. The van der Waals surface area contributed by atoms with Gasteiger partial charge in [0.05, 0.1) is 17.6 Å². The first-order valence-electron chi connectivity index (χ1n) is 24.4. The van der Waals surface area contributed by atoms with E-state index in [1.807, 2.05) is 61.2 Å². The van der Waals surface area contributed by atoms with E-state index >= 15 is 0 Å². The van der Waals surface area contributed by atoms with E-state index < -0.39 is 17.8 Å². The molecule has 8 rings (SSSR count). The van der Waals surface area contributed by atoms with Crippen molar-refractivity contribution in [2.75, 3.05) is 44.6 Å². The van der Waals surface area contributed by atoms with Gasteiger partial charge < -0.3 is 30.3 Å². The molecule has 0 spiro atoms. The predicted molar refractivity (Wildman–Crippen MR) is 275 cm³/mol. The van der Waals surface area contributed by atoms with Crippen LogP contribution in [0.3, 0.4) is 0 Å². The Morgan fingerprint density at radius 3 is 2.14 bits per heavy atom. The molecule has 5 aromatic rings. The highest BCUT2D eigenvalue weighted by atomic mass is 16.6. The van der Waals surface area contributed by atoms with E-state index in [0.29, 0.717) is 59.8 Å². The van der Waals surface area contributed by atoms with E-state index in [2.05, 4.69) is 50.4 Å². The number of pyridine rings is 1. The molecule has 0 bridgehead atoms. The number of amidine groups is 1. The lowest BCUT2D eigenvalue weighted by molar-refractivity contribution is -0.127. The SMILES string of the molecule is CCCN(CCC)C(=O)C1=Cc2ccc(C(=O)Nc3cnc4c(c3)CN(Cc3ccc(C(=O)NCCNC(=O)OCC5c6ccccc6-c6ccccc65)cc3)CC4)cc2N=C(NC(=O)OC(C)(C)C)C1. The molecule has 3 heterocycles. The molecule has 15 nitrogen and oxygen atoms in total. The fraction of sp³-hybridized carbons (Fsp3) is 0.339. The van der Waals surface area contributed by atoms with Crippen molar-refractivity contribution < 1.29 is 33.4 Å². The molecule has 4 aromatic carbocycles. The molecule has 3 aliphatic rings. The predicted octanol–water partition coefficient (Wildman–Crippen LogP) is 9.15. The lowest BCUT2D eigenvalue weighted by Crippen LogP contribution is -2.38. The highest BCUT2D eigenvalue weighted by Crippen LogP contribution is 2.44. The summed E-state index contributed by atoms with van der Waals surface area (Å²) in [6, 6.07) is 30.9. The molecule has 5 amide bonds. The number of nitrogens with zero attached hydrogens (tertiary/aromatic N) is 4. The fourth-order valence-corrected chi connectivity index (χ4v) is 9.20. The second-order valence-electron chi connectivity index (χ2n) is 19.0. The smallest absolute Gasteiger partial charge is 0.413 e. The number of hydrogen-bond acceptors (Lipinski definition) is 10. The number of aromatic nitrogens is 1. The van der Waals surface area contributed by atoms with Crippen molar-refractivity contribution in [1.29, 1.82) is 0 Å². The van der Waals surface area contributed by atoms with Gasteiger partial charge in [0.1, 0.15) is 18.0 Å². The number of benzene rings is 4. The molecule has 71 heavy (non-hydrogen) atoms. The van der Waals surface area contributed by atoms with Crippen LogP contribution >= 0.6 is 0 Å².